The molecule has 7 nitrogen and oxygen atoms in total. The minimum atomic E-state index is -0.584. The van der Waals surface area contributed by atoms with Crippen LogP contribution in [0.4, 0.5) is 5.69 Å². The highest BCUT2D eigenvalue weighted by Gasteiger charge is 2.17. The summed E-state index contributed by atoms with van der Waals surface area (Å²) in [5.41, 5.74) is 0.896. The van der Waals surface area contributed by atoms with Gasteiger partial charge in [-0.15, -0.1) is 0 Å². The van der Waals surface area contributed by atoms with Crippen LogP contribution in [0.15, 0.2) is 54.6 Å². The average molecular weight is 379 g/mol. The summed E-state index contributed by atoms with van der Waals surface area (Å²) in [6, 6.07) is 15.7. The van der Waals surface area contributed by atoms with Gasteiger partial charge in [0.15, 0.2) is 18.1 Å². The molecule has 0 bridgehead atoms. The Morgan fingerprint density at radius 2 is 1.79 bits per heavy atom. The summed E-state index contributed by atoms with van der Waals surface area (Å²) in [6.45, 7) is -0.256. The lowest BCUT2D eigenvalue weighted by Crippen LogP contribution is -2.21. The van der Waals surface area contributed by atoms with E-state index in [0.29, 0.717) is 33.9 Å². The average Bonchev–Trinajstić information content (AvgIpc) is 3.19. The molecular weight excluding hydrogens is 362 g/mol. The topological polar surface area (TPSA) is 83.1 Å². The second-order valence-electron chi connectivity index (χ2n) is 6.05. The van der Waals surface area contributed by atoms with Gasteiger partial charge in [-0.3, -0.25) is 4.79 Å². The Balaban J connectivity index is 1.43. The van der Waals surface area contributed by atoms with Crippen molar-refractivity contribution in [1.29, 1.82) is 0 Å². The number of esters is 1. The molecule has 1 aliphatic heterocycles. The normalized spacial score (nSPS) is 11.9. The monoisotopic (exact) mass is 379 g/mol. The molecular formula is C21H17NO6. The highest BCUT2D eigenvalue weighted by atomic mass is 16.7. The molecule has 0 unspecified atom stereocenters. The fourth-order valence-corrected chi connectivity index (χ4v) is 3.01. The summed E-state index contributed by atoms with van der Waals surface area (Å²) >= 11 is 0. The third kappa shape index (κ3) is 3.42. The Bertz CT molecular complexity index is 1060. The number of rotatable bonds is 5. The number of benzene rings is 3. The maximum atomic E-state index is 12.5. The number of anilines is 1. The van der Waals surface area contributed by atoms with Crippen molar-refractivity contribution in [3.05, 3.63) is 60.2 Å². The molecule has 4 rings (SSSR count). The molecule has 0 saturated carbocycles. The van der Waals surface area contributed by atoms with Crippen LogP contribution in [0, 0.1) is 0 Å². The van der Waals surface area contributed by atoms with Crippen molar-refractivity contribution >= 4 is 28.3 Å². The second-order valence-corrected chi connectivity index (χ2v) is 6.05. The van der Waals surface area contributed by atoms with E-state index in [1.807, 2.05) is 18.2 Å². The number of nitrogens with one attached hydrogen (secondary N) is 1. The van der Waals surface area contributed by atoms with Gasteiger partial charge in [0.05, 0.1) is 12.7 Å². The molecule has 1 aliphatic rings. The molecule has 3 aromatic carbocycles. The Hall–Kier alpha value is -3.74. The fraction of sp³-hybridized carbons (Fsp3) is 0.143. The standard InChI is InChI=1S/C21H17NO6/c1-25-17-9-7-16(14-4-2-3-5-15(14)17)21(24)26-11-20(23)22-13-6-8-18-19(10-13)28-12-27-18/h2-10H,11-12H2,1H3,(H,22,23). The fourth-order valence-electron chi connectivity index (χ4n) is 3.01. The first kappa shape index (κ1) is 17.7. The van der Waals surface area contributed by atoms with Crippen LogP contribution in [0.1, 0.15) is 10.4 Å². The molecule has 1 heterocycles. The molecule has 28 heavy (non-hydrogen) atoms. The molecule has 0 fully saturated rings. The minimum absolute atomic E-state index is 0.153. The van der Waals surface area contributed by atoms with Crippen LogP contribution in [0.5, 0.6) is 17.2 Å². The number of hydrogen-bond donors (Lipinski definition) is 1. The van der Waals surface area contributed by atoms with E-state index in [-0.39, 0.29) is 6.79 Å². The Kier molecular flexibility index (Phi) is 4.72. The molecule has 1 N–H and O–H groups in total. The van der Waals surface area contributed by atoms with E-state index in [1.54, 1.807) is 43.5 Å². The van der Waals surface area contributed by atoms with Crippen molar-refractivity contribution in [2.24, 2.45) is 0 Å². The van der Waals surface area contributed by atoms with Crippen molar-refractivity contribution in [3.63, 3.8) is 0 Å². The maximum Gasteiger partial charge on any atom is 0.339 e. The van der Waals surface area contributed by atoms with Crippen molar-refractivity contribution in [1.82, 2.24) is 0 Å². The number of amides is 1. The third-order valence-corrected chi connectivity index (χ3v) is 4.31. The molecule has 7 heteroatoms. The number of carbonyl (C=O) groups excluding carboxylic acids is 2. The van der Waals surface area contributed by atoms with Gasteiger partial charge in [-0.05, 0) is 29.7 Å². The van der Waals surface area contributed by atoms with Gasteiger partial charge in [-0.1, -0.05) is 24.3 Å². The lowest BCUT2D eigenvalue weighted by atomic mass is 10.0. The Morgan fingerprint density at radius 3 is 2.61 bits per heavy atom. The van der Waals surface area contributed by atoms with E-state index in [0.717, 1.165) is 5.39 Å². The van der Waals surface area contributed by atoms with Gasteiger partial charge in [-0.2, -0.15) is 0 Å². The van der Waals surface area contributed by atoms with Crippen LogP contribution in [-0.4, -0.2) is 32.4 Å². The predicted molar refractivity (Wildman–Crippen MR) is 102 cm³/mol. The lowest BCUT2D eigenvalue weighted by molar-refractivity contribution is -0.119. The molecule has 0 spiro atoms. The third-order valence-electron chi connectivity index (χ3n) is 4.31. The molecule has 142 valence electrons. The smallest absolute Gasteiger partial charge is 0.339 e. The molecule has 1 amide bonds. The van der Waals surface area contributed by atoms with Gasteiger partial charge < -0.3 is 24.3 Å². The van der Waals surface area contributed by atoms with Crippen LogP contribution in [0.2, 0.25) is 0 Å². The Labute approximate surface area is 160 Å². The summed E-state index contributed by atoms with van der Waals surface area (Å²) in [7, 11) is 1.57. The van der Waals surface area contributed by atoms with E-state index in [2.05, 4.69) is 5.32 Å². The highest BCUT2D eigenvalue weighted by Crippen LogP contribution is 2.34. The van der Waals surface area contributed by atoms with Gasteiger partial charge in [0.2, 0.25) is 6.79 Å². The van der Waals surface area contributed by atoms with Crippen molar-refractivity contribution in [2.45, 2.75) is 0 Å². The zero-order chi connectivity index (χ0) is 19.5. The summed E-state index contributed by atoms with van der Waals surface area (Å²) in [6.07, 6.45) is 0. The summed E-state index contributed by atoms with van der Waals surface area (Å²) in [4.78, 5) is 24.6. The van der Waals surface area contributed by atoms with Gasteiger partial charge in [-0.25, -0.2) is 4.79 Å². The first-order chi connectivity index (χ1) is 13.7. The van der Waals surface area contributed by atoms with Crippen molar-refractivity contribution in [3.8, 4) is 17.2 Å². The molecule has 0 radical (unpaired) electrons. The van der Waals surface area contributed by atoms with E-state index in [1.165, 1.54) is 0 Å². The van der Waals surface area contributed by atoms with Gasteiger partial charge in [0.25, 0.3) is 5.91 Å². The lowest BCUT2D eigenvalue weighted by Gasteiger charge is -2.11. The zero-order valence-electron chi connectivity index (χ0n) is 15.1. The van der Waals surface area contributed by atoms with Crippen LogP contribution in [0.3, 0.4) is 0 Å². The van der Waals surface area contributed by atoms with Crippen molar-refractivity contribution in [2.75, 3.05) is 25.8 Å². The first-order valence-electron chi connectivity index (χ1n) is 8.58. The number of carbonyl (C=O) groups is 2. The number of ether oxygens (including phenoxy) is 4. The van der Waals surface area contributed by atoms with Crippen LogP contribution in [0.25, 0.3) is 10.8 Å². The van der Waals surface area contributed by atoms with Gasteiger partial charge in [0.1, 0.15) is 5.75 Å². The molecule has 3 aromatic rings. The van der Waals surface area contributed by atoms with Gasteiger partial charge >= 0.3 is 5.97 Å². The number of hydrogen-bond acceptors (Lipinski definition) is 6. The first-order valence-corrected chi connectivity index (χ1v) is 8.58. The second kappa shape index (κ2) is 7.48. The van der Waals surface area contributed by atoms with Crippen LogP contribution in [-0.2, 0) is 9.53 Å². The number of methoxy groups -OCH3 is 1. The van der Waals surface area contributed by atoms with E-state index in [4.69, 9.17) is 18.9 Å². The maximum absolute atomic E-state index is 12.5. The van der Waals surface area contributed by atoms with Crippen molar-refractivity contribution < 1.29 is 28.5 Å². The minimum Gasteiger partial charge on any atom is -0.496 e. The summed E-state index contributed by atoms with van der Waals surface area (Å²) in [5, 5.41) is 4.16. The van der Waals surface area contributed by atoms with E-state index >= 15 is 0 Å². The SMILES string of the molecule is COc1ccc(C(=O)OCC(=O)Nc2ccc3c(c2)OCO3)c2ccccc12. The summed E-state index contributed by atoms with van der Waals surface area (Å²) < 4.78 is 21.0. The van der Waals surface area contributed by atoms with E-state index in [9.17, 15) is 9.59 Å². The van der Waals surface area contributed by atoms with E-state index < -0.39 is 18.5 Å². The van der Waals surface area contributed by atoms with Crippen LogP contribution < -0.4 is 19.5 Å². The molecule has 0 aromatic heterocycles. The van der Waals surface area contributed by atoms with Crippen LogP contribution >= 0.6 is 0 Å². The quantitative estimate of drug-likeness (QED) is 0.685. The Morgan fingerprint density at radius 1 is 1.00 bits per heavy atom. The largest absolute Gasteiger partial charge is 0.496 e. The predicted octanol–water partition coefficient (Wildman–Crippen LogP) is 3.37. The molecule has 0 atom stereocenters. The highest BCUT2D eigenvalue weighted by molar-refractivity contribution is 6.07. The molecule has 0 aliphatic carbocycles. The summed E-state index contributed by atoms with van der Waals surface area (Å²) in [5.74, 6) is 0.799. The molecule has 0 saturated heterocycles. The zero-order valence-corrected chi connectivity index (χ0v) is 15.1. The number of fused-ring (bicyclic) bond motifs is 2. The van der Waals surface area contributed by atoms with Gasteiger partial charge in [0, 0.05) is 17.1 Å².